The van der Waals surface area contributed by atoms with Gasteiger partial charge in [-0.15, -0.1) is 5.10 Å². The van der Waals surface area contributed by atoms with Crippen LogP contribution in [-0.4, -0.2) is 50.9 Å². The zero-order valence-corrected chi connectivity index (χ0v) is 20.7. The van der Waals surface area contributed by atoms with E-state index in [1.807, 2.05) is 20.9 Å². The molecule has 0 radical (unpaired) electrons. The van der Waals surface area contributed by atoms with Crippen molar-refractivity contribution in [2.75, 3.05) is 25.5 Å². The second kappa shape index (κ2) is 10.4. The number of hydrogen-bond acceptors (Lipinski definition) is 6. The van der Waals surface area contributed by atoms with Crippen molar-refractivity contribution >= 4 is 11.6 Å². The Morgan fingerprint density at radius 1 is 1.14 bits per heavy atom. The van der Waals surface area contributed by atoms with Gasteiger partial charge in [-0.3, -0.25) is 9.48 Å². The predicted octanol–water partition coefficient (Wildman–Crippen LogP) is 4.15. The molecular formula is C25H26F3N7O2. The first-order chi connectivity index (χ1) is 17.6. The largest absolute Gasteiger partial charge is 0.490 e. The summed E-state index contributed by atoms with van der Waals surface area (Å²) in [5.74, 6) is -0.459. The van der Waals surface area contributed by atoms with E-state index in [1.165, 1.54) is 6.07 Å². The number of alkyl halides is 3. The monoisotopic (exact) mass is 513 g/mol. The first kappa shape index (κ1) is 25.9. The van der Waals surface area contributed by atoms with Crippen LogP contribution in [0.2, 0.25) is 0 Å². The van der Waals surface area contributed by atoms with Crippen LogP contribution in [0.15, 0.2) is 48.8 Å². The van der Waals surface area contributed by atoms with Crippen molar-refractivity contribution < 1.29 is 22.7 Å². The topological polar surface area (TPSA) is 98.9 Å². The summed E-state index contributed by atoms with van der Waals surface area (Å²) >= 11 is 0. The summed E-state index contributed by atoms with van der Waals surface area (Å²) in [6, 6.07) is 7.91. The average Bonchev–Trinajstić information content (AvgIpc) is 3.46. The van der Waals surface area contributed by atoms with Crippen molar-refractivity contribution in [3.8, 4) is 22.7 Å². The molecule has 0 fully saturated rings. The SMILES string of the molecule is CNCCOc1ccc(C(F)(F)F)cc1NC(=O)c1ccc(C)c(-n2cc(-c3cnn(C)c3C)nn2)c1. The van der Waals surface area contributed by atoms with Gasteiger partial charge in [0, 0.05) is 30.4 Å². The van der Waals surface area contributed by atoms with Crippen LogP contribution in [0.5, 0.6) is 5.75 Å². The summed E-state index contributed by atoms with van der Waals surface area (Å²) in [6.07, 6.45) is -1.14. The number of aromatic nitrogens is 5. The molecule has 2 N–H and O–H groups in total. The summed E-state index contributed by atoms with van der Waals surface area (Å²) in [4.78, 5) is 13.1. The van der Waals surface area contributed by atoms with Gasteiger partial charge in [0.2, 0.25) is 0 Å². The molecule has 12 heteroatoms. The van der Waals surface area contributed by atoms with Crippen LogP contribution in [0.1, 0.15) is 27.2 Å². The van der Waals surface area contributed by atoms with Gasteiger partial charge >= 0.3 is 6.18 Å². The number of ether oxygens (including phenoxy) is 1. The number of amides is 1. The van der Waals surface area contributed by atoms with Gasteiger partial charge in [0.25, 0.3) is 5.91 Å². The minimum absolute atomic E-state index is 0.0758. The number of hydrogen-bond donors (Lipinski definition) is 2. The fourth-order valence-electron chi connectivity index (χ4n) is 3.64. The molecule has 4 rings (SSSR count). The van der Waals surface area contributed by atoms with Gasteiger partial charge in [0.15, 0.2) is 0 Å². The molecule has 0 saturated carbocycles. The lowest BCUT2D eigenvalue weighted by molar-refractivity contribution is -0.137. The molecule has 9 nitrogen and oxygen atoms in total. The number of rotatable bonds is 8. The molecule has 2 heterocycles. The maximum Gasteiger partial charge on any atom is 0.416 e. The van der Waals surface area contributed by atoms with E-state index in [2.05, 4.69) is 26.0 Å². The number of carbonyl (C=O) groups excluding carboxylic acids is 1. The van der Waals surface area contributed by atoms with E-state index in [9.17, 15) is 18.0 Å². The molecule has 0 bridgehead atoms. The van der Waals surface area contributed by atoms with Crippen molar-refractivity contribution in [3.63, 3.8) is 0 Å². The summed E-state index contributed by atoms with van der Waals surface area (Å²) in [7, 11) is 3.56. The molecule has 1 amide bonds. The average molecular weight is 514 g/mol. The molecule has 0 spiro atoms. The van der Waals surface area contributed by atoms with Gasteiger partial charge in [0.05, 0.1) is 29.3 Å². The van der Waals surface area contributed by atoms with Crippen LogP contribution >= 0.6 is 0 Å². The lowest BCUT2D eigenvalue weighted by atomic mass is 10.1. The molecule has 2 aromatic carbocycles. The van der Waals surface area contributed by atoms with E-state index >= 15 is 0 Å². The fourth-order valence-corrected chi connectivity index (χ4v) is 3.64. The predicted molar refractivity (Wildman–Crippen MR) is 132 cm³/mol. The highest BCUT2D eigenvalue weighted by Crippen LogP contribution is 2.35. The molecule has 194 valence electrons. The Kier molecular flexibility index (Phi) is 7.30. The van der Waals surface area contributed by atoms with Gasteiger partial charge in [-0.25, -0.2) is 4.68 Å². The Morgan fingerprint density at radius 3 is 2.59 bits per heavy atom. The third kappa shape index (κ3) is 5.64. The molecule has 0 saturated heterocycles. The summed E-state index contributed by atoms with van der Waals surface area (Å²) in [5.41, 5.74) is 3.05. The quantitative estimate of drug-likeness (QED) is 0.344. The molecule has 4 aromatic rings. The van der Waals surface area contributed by atoms with E-state index in [1.54, 1.807) is 47.0 Å². The van der Waals surface area contributed by atoms with Gasteiger partial charge in [-0.1, -0.05) is 11.3 Å². The van der Waals surface area contributed by atoms with Crippen LogP contribution in [0, 0.1) is 13.8 Å². The van der Waals surface area contributed by atoms with E-state index in [4.69, 9.17) is 4.74 Å². The second-order valence-corrected chi connectivity index (χ2v) is 8.43. The summed E-state index contributed by atoms with van der Waals surface area (Å²) in [5, 5.41) is 18.1. The van der Waals surface area contributed by atoms with Crippen molar-refractivity contribution in [2.45, 2.75) is 20.0 Å². The van der Waals surface area contributed by atoms with Gasteiger partial charge < -0.3 is 15.4 Å². The Bertz CT molecular complexity index is 1430. The Balaban J connectivity index is 1.63. The molecule has 0 unspecified atom stereocenters. The van der Waals surface area contributed by atoms with Crippen molar-refractivity contribution in [1.82, 2.24) is 30.1 Å². The van der Waals surface area contributed by atoms with E-state index in [0.717, 1.165) is 29.0 Å². The Labute approximate surface area is 211 Å². The summed E-state index contributed by atoms with van der Waals surface area (Å²) in [6.45, 7) is 4.47. The summed E-state index contributed by atoms with van der Waals surface area (Å²) < 4.78 is 48.8. The van der Waals surface area contributed by atoms with E-state index in [0.29, 0.717) is 17.9 Å². The fraction of sp³-hybridized carbons (Fsp3) is 0.280. The first-order valence-electron chi connectivity index (χ1n) is 11.4. The van der Waals surface area contributed by atoms with Gasteiger partial charge in [-0.05, 0) is 56.8 Å². The molecular weight excluding hydrogens is 487 g/mol. The molecule has 0 aliphatic carbocycles. The highest BCUT2D eigenvalue weighted by atomic mass is 19.4. The zero-order chi connectivity index (χ0) is 26.7. The lowest BCUT2D eigenvalue weighted by Crippen LogP contribution is -2.18. The number of anilines is 1. The first-order valence-corrected chi connectivity index (χ1v) is 11.4. The number of likely N-dealkylation sites (N-methyl/N-ethyl adjacent to an activating group) is 1. The minimum Gasteiger partial charge on any atom is -0.490 e. The minimum atomic E-state index is -4.57. The highest BCUT2D eigenvalue weighted by molar-refractivity contribution is 6.05. The number of benzene rings is 2. The molecule has 37 heavy (non-hydrogen) atoms. The van der Waals surface area contributed by atoms with E-state index < -0.39 is 17.6 Å². The van der Waals surface area contributed by atoms with Crippen molar-refractivity contribution in [1.29, 1.82) is 0 Å². The standard InChI is InChI=1S/C25H26F3N7O2/c1-15-5-6-17(11-22(15)35-14-21(32-33-35)19-13-30-34(4)16(19)2)24(36)31-20-12-18(25(26,27)28)7-8-23(20)37-10-9-29-3/h5-8,11-14,29H,9-10H2,1-4H3,(H,31,36). The smallest absolute Gasteiger partial charge is 0.416 e. The van der Waals surface area contributed by atoms with Crippen LogP contribution in [0.4, 0.5) is 18.9 Å². The van der Waals surface area contributed by atoms with Gasteiger partial charge in [-0.2, -0.15) is 18.3 Å². The Morgan fingerprint density at radius 2 is 1.92 bits per heavy atom. The van der Waals surface area contributed by atoms with Crippen molar-refractivity contribution in [2.24, 2.45) is 7.05 Å². The number of aryl methyl sites for hydroxylation is 2. The van der Waals surface area contributed by atoms with Gasteiger partial charge in [0.1, 0.15) is 18.1 Å². The second-order valence-electron chi connectivity index (χ2n) is 8.43. The maximum absolute atomic E-state index is 13.3. The normalized spacial score (nSPS) is 11.5. The van der Waals surface area contributed by atoms with Crippen LogP contribution in [-0.2, 0) is 13.2 Å². The molecule has 0 atom stereocenters. The lowest BCUT2D eigenvalue weighted by Gasteiger charge is -2.16. The number of carbonyl (C=O) groups is 1. The third-order valence-corrected chi connectivity index (χ3v) is 5.89. The Hall–Kier alpha value is -4.19. The van der Waals surface area contributed by atoms with Crippen LogP contribution < -0.4 is 15.4 Å². The number of nitrogens with zero attached hydrogens (tertiary/aromatic N) is 5. The molecule has 0 aliphatic heterocycles. The maximum atomic E-state index is 13.3. The molecule has 2 aromatic heterocycles. The zero-order valence-electron chi connectivity index (χ0n) is 20.7. The third-order valence-electron chi connectivity index (χ3n) is 5.89. The van der Waals surface area contributed by atoms with Crippen LogP contribution in [0.3, 0.4) is 0 Å². The van der Waals surface area contributed by atoms with E-state index in [-0.39, 0.29) is 23.6 Å². The van der Waals surface area contributed by atoms with Crippen molar-refractivity contribution in [3.05, 3.63) is 71.2 Å². The highest BCUT2D eigenvalue weighted by Gasteiger charge is 2.31. The molecule has 0 aliphatic rings. The number of halogens is 3. The van der Waals surface area contributed by atoms with Crippen LogP contribution in [0.25, 0.3) is 16.9 Å². The number of nitrogens with one attached hydrogen (secondary N) is 2.